The lowest BCUT2D eigenvalue weighted by atomic mass is 10.2. The van der Waals surface area contributed by atoms with Gasteiger partial charge in [0.1, 0.15) is 5.01 Å². The number of rotatable bonds is 8. The van der Waals surface area contributed by atoms with Crippen LogP contribution in [0, 0.1) is 10.1 Å². The Bertz CT molecular complexity index is 1160. The second-order valence-corrected chi connectivity index (χ2v) is 7.90. The van der Waals surface area contributed by atoms with Crippen molar-refractivity contribution in [2.75, 3.05) is 29.6 Å². The Morgan fingerprint density at radius 3 is 2.42 bits per heavy atom. The van der Waals surface area contributed by atoms with Gasteiger partial charge in [0.25, 0.3) is 5.69 Å². The van der Waals surface area contributed by atoms with Crippen LogP contribution in [0.1, 0.15) is 10.6 Å². The Labute approximate surface area is 192 Å². The van der Waals surface area contributed by atoms with Crippen molar-refractivity contribution < 1.29 is 14.5 Å². The topological polar surface area (TPSA) is 155 Å². The Kier molecular flexibility index (Phi) is 7.60. The first-order valence-corrected chi connectivity index (χ1v) is 10.4. The number of hydrazone groups is 1. The van der Waals surface area contributed by atoms with Crippen molar-refractivity contribution in [3.8, 4) is 0 Å². The summed E-state index contributed by atoms with van der Waals surface area (Å²) in [6, 6.07) is 12.4. The van der Waals surface area contributed by atoms with Gasteiger partial charge < -0.3 is 10.2 Å². The molecular weight excluding hydrogens is 448 g/mol. The highest BCUT2D eigenvalue weighted by molar-refractivity contribution is 7.15. The molecule has 0 fully saturated rings. The van der Waals surface area contributed by atoms with Crippen LogP contribution in [-0.2, 0) is 11.2 Å². The van der Waals surface area contributed by atoms with E-state index in [1.807, 2.05) is 43.3 Å². The van der Waals surface area contributed by atoms with Crippen molar-refractivity contribution in [2.45, 2.75) is 6.42 Å². The molecule has 0 spiro atoms. The zero-order valence-electron chi connectivity index (χ0n) is 17.7. The first-order chi connectivity index (χ1) is 15.8. The van der Waals surface area contributed by atoms with Gasteiger partial charge in [0.05, 0.1) is 17.6 Å². The van der Waals surface area contributed by atoms with Crippen LogP contribution in [0.4, 0.5) is 27.0 Å². The normalized spacial score (nSPS) is 10.6. The molecule has 3 aromatic rings. The van der Waals surface area contributed by atoms with Gasteiger partial charge in [-0.3, -0.25) is 20.2 Å². The van der Waals surface area contributed by atoms with Crippen molar-refractivity contribution in [2.24, 2.45) is 5.10 Å². The van der Waals surface area contributed by atoms with E-state index >= 15 is 0 Å². The number of aromatic nitrogens is 2. The molecule has 0 bridgehead atoms. The summed E-state index contributed by atoms with van der Waals surface area (Å²) in [7, 11) is 3.90. The van der Waals surface area contributed by atoms with Crippen molar-refractivity contribution >= 4 is 51.7 Å². The minimum atomic E-state index is -0.596. The molecule has 170 valence electrons. The highest BCUT2D eigenvalue weighted by Crippen LogP contribution is 2.18. The van der Waals surface area contributed by atoms with E-state index in [9.17, 15) is 19.7 Å². The summed E-state index contributed by atoms with van der Waals surface area (Å²) in [5.74, 6) is -0.380. The number of carbonyl (C=O) groups excluding carboxylic acids is 2. The van der Waals surface area contributed by atoms with Crippen LogP contribution in [0.2, 0.25) is 0 Å². The molecule has 0 radical (unpaired) electrons. The third-order valence-electron chi connectivity index (χ3n) is 4.15. The molecule has 0 atom stereocenters. The Morgan fingerprint density at radius 1 is 1.09 bits per heavy atom. The number of nitro benzene ring substituents is 1. The Hall–Kier alpha value is -4.39. The number of amides is 3. The van der Waals surface area contributed by atoms with Crippen LogP contribution < -0.4 is 21.0 Å². The number of hydrogen-bond acceptors (Lipinski definition) is 9. The molecule has 1 heterocycles. The van der Waals surface area contributed by atoms with Crippen molar-refractivity contribution in [1.29, 1.82) is 0 Å². The van der Waals surface area contributed by atoms with Gasteiger partial charge in [-0.05, 0) is 29.8 Å². The first kappa shape index (κ1) is 23.3. The molecule has 0 unspecified atom stereocenters. The fourth-order valence-electron chi connectivity index (χ4n) is 2.52. The lowest BCUT2D eigenvalue weighted by molar-refractivity contribution is -0.384. The summed E-state index contributed by atoms with van der Waals surface area (Å²) in [6.45, 7) is 0. The quantitative estimate of drug-likeness (QED) is 0.261. The maximum atomic E-state index is 12.1. The molecule has 3 amide bonds. The second-order valence-electron chi connectivity index (χ2n) is 6.84. The zero-order chi connectivity index (χ0) is 23.8. The minimum absolute atomic E-state index is 0.0553. The molecule has 0 aliphatic rings. The maximum Gasteiger partial charge on any atom is 0.325 e. The van der Waals surface area contributed by atoms with E-state index in [4.69, 9.17) is 0 Å². The van der Waals surface area contributed by atoms with E-state index in [-0.39, 0.29) is 23.1 Å². The van der Waals surface area contributed by atoms with Gasteiger partial charge in [0, 0.05) is 37.6 Å². The van der Waals surface area contributed by atoms with Crippen LogP contribution in [0.25, 0.3) is 0 Å². The Balaban J connectivity index is 1.45. The minimum Gasteiger partial charge on any atom is -0.378 e. The van der Waals surface area contributed by atoms with Crippen LogP contribution in [-0.4, -0.2) is 47.4 Å². The van der Waals surface area contributed by atoms with E-state index in [0.717, 1.165) is 22.6 Å². The van der Waals surface area contributed by atoms with Gasteiger partial charge in [0.15, 0.2) is 0 Å². The average molecular weight is 468 g/mol. The number of nitro groups is 1. The van der Waals surface area contributed by atoms with Gasteiger partial charge in [-0.15, -0.1) is 10.2 Å². The van der Waals surface area contributed by atoms with Crippen molar-refractivity contribution in [1.82, 2.24) is 15.6 Å². The number of carbonyl (C=O) groups is 2. The lowest BCUT2D eigenvalue weighted by Crippen LogP contribution is -2.19. The molecule has 0 saturated heterocycles. The van der Waals surface area contributed by atoms with Crippen LogP contribution in [0.5, 0.6) is 0 Å². The monoisotopic (exact) mass is 468 g/mol. The summed E-state index contributed by atoms with van der Waals surface area (Å²) in [4.78, 5) is 36.2. The molecule has 0 aliphatic carbocycles. The standard InChI is InChI=1S/C20H20N8O4S/c1-27(2)15-7-3-13(4-8-15)12-21-24-17(29)11-18-25-26-20(33-18)23-19(30)22-14-5-9-16(10-6-14)28(31)32/h3-10,12H,11H2,1-2H3,(H,24,29)(H2,22,23,26,30)/b21-12-. The summed E-state index contributed by atoms with van der Waals surface area (Å²) in [5, 5.41) is 27.9. The number of anilines is 3. The van der Waals surface area contributed by atoms with Crippen LogP contribution in [0.15, 0.2) is 53.6 Å². The van der Waals surface area contributed by atoms with Gasteiger partial charge in [-0.25, -0.2) is 10.2 Å². The third-order valence-corrected chi connectivity index (χ3v) is 4.99. The second kappa shape index (κ2) is 10.8. The number of benzene rings is 2. The molecule has 2 aromatic carbocycles. The SMILES string of the molecule is CN(C)c1ccc(/C=N\NC(=O)Cc2nnc(NC(=O)Nc3ccc([N+](=O)[O-])cc3)s2)cc1. The summed E-state index contributed by atoms with van der Waals surface area (Å²) < 4.78 is 0. The molecule has 3 rings (SSSR count). The maximum absolute atomic E-state index is 12.1. The smallest absolute Gasteiger partial charge is 0.325 e. The van der Waals surface area contributed by atoms with Crippen molar-refractivity contribution in [3.05, 3.63) is 69.2 Å². The van der Waals surface area contributed by atoms with Crippen LogP contribution in [0.3, 0.4) is 0 Å². The van der Waals surface area contributed by atoms with Crippen LogP contribution >= 0.6 is 11.3 Å². The van der Waals surface area contributed by atoms with E-state index < -0.39 is 11.0 Å². The largest absolute Gasteiger partial charge is 0.378 e. The molecule has 13 heteroatoms. The lowest BCUT2D eigenvalue weighted by Gasteiger charge is -2.11. The number of urea groups is 1. The number of hydrogen-bond donors (Lipinski definition) is 3. The fraction of sp³-hybridized carbons (Fsp3) is 0.150. The average Bonchev–Trinajstić information content (AvgIpc) is 3.20. The fourth-order valence-corrected chi connectivity index (χ4v) is 3.25. The van der Waals surface area contributed by atoms with Gasteiger partial charge in [-0.2, -0.15) is 5.10 Å². The molecule has 1 aromatic heterocycles. The Morgan fingerprint density at radius 2 is 1.79 bits per heavy atom. The molecule has 0 saturated carbocycles. The molecular formula is C20H20N8O4S. The van der Waals surface area contributed by atoms with Gasteiger partial charge >= 0.3 is 6.03 Å². The zero-order valence-corrected chi connectivity index (χ0v) is 18.5. The van der Waals surface area contributed by atoms with E-state index in [1.54, 1.807) is 0 Å². The number of nitrogens with one attached hydrogen (secondary N) is 3. The molecule has 12 nitrogen and oxygen atoms in total. The van der Waals surface area contributed by atoms with Crippen molar-refractivity contribution in [3.63, 3.8) is 0 Å². The first-order valence-electron chi connectivity index (χ1n) is 9.54. The highest BCUT2D eigenvalue weighted by atomic mass is 32.1. The molecule has 0 aliphatic heterocycles. The van der Waals surface area contributed by atoms with Gasteiger partial charge in [-0.1, -0.05) is 23.5 Å². The number of nitrogens with zero attached hydrogens (tertiary/aromatic N) is 5. The third kappa shape index (κ3) is 7.07. The van der Waals surface area contributed by atoms with Gasteiger partial charge in [0.2, 0.25) is 11.0 Å². The summed E-state index contributed by atoms with van der Waals surface area (Å²) in [5.41, 5.74) is 4.60. The predicted molar refractivity (Wildman–Crippen MR) is 126 cm³/mol. The predicted octanol–water partition coefficient (Wildman–Crippen LogP) is 2.85. The summed E-state index contributed by atoms with van der Waals surface area (Å²) in [6.07, 6.45) is 1.48. The summed E-state index contributed by atoms with van der Waals surface area (Å²) >= 11 is 1.04. The van der Waals surface area contributed by atoms with E-state index in [0.29, 0.717) is 10.7 Å². The van der Waals surface area contributed by atoms with E-state index in [1.165, 1.54) is 30.5 Å². The number of non-ortho nitro benzene ring substituents is 1. The highest BCUT2D eigenvalue weighted by Gasteiger charge is 2.12. The molecule has 3 N–H and O–H groups in total. The van der Waals surface area contributed by atoms with E-state index in [2.05, 4.69) is 31.4 Å². The molecule has 33 heavy (non-hydrogen) atoms.